The molecule has 0 amide bonds. The fourth-order valence-corrected chi connectivity index (χ4v) is 2.31. The van der Waals surface area contributed by atoms with Crippen LogP contribution in [0.2, 0.25) is 0 Å². The van der Waals surface area contributed by atoms with E-state index in [9.17, 15) is 30.0 Å². The van der Waals surface area contributed by atoms with Gasteiger partial charge in [0.2, 0.25) is 6.10 Å². The van der Waals surface area contributed by atoms with Gasteiger partial charge in [-0.2, -0.15) is 0 Å². The Hall–Kier alpha value is -3.68. The summed E-state index contributed by atoms with van der Waals surface area (Å²) in [5, 5.41) is 37.7. The number of rotatable bonds is 7. The van der Waals surface area contributed by atoms with Crippen LogP contribution < -0.4 is 0 Å². The Kier molecular flexibility index (Phi) is 6.86. The standard InChI is InChI=1S/C20H20O8/c1-2-27-20(26)18(11-13-4-7-15(22)17(24)10-13)28-19(25)8-5-12-3-6-14(21)16(23)9-12/h3-10,18,21-24H,2,11H2,1H3/b8-5+/t18-/m0/s1. The average Bonchev–Trinajstić information content (AvgIpc) is 2.65. The molecule has 0 aliphatic heterocycles. The summed E-state index contributed by atoms with van der Waals surface area (Å²) in [6.07, 6.45) is 1.09. The van der Waals surface area contributed by atoms with Gasteiger partial charge in [0.05, 0.1) is 6.61 Å². The van der Waals surface area contributed by atoms with E-state index in [-0.39, 0.29) is 36.0 Å². The lowest BCUT2D eigenvalue weighted by molar-refractivity contribution is -0.164. The second-order valence-corrected chi connectivity index (χ2v) is 5.79. The normalized spacial score (nSPS) is 11.9. The van der Waals surface area contributed by atoms with E-state index in [2.05, 4.69) is 0 Å². The van der Waals surface area contributed by atoms with Crippen molar-refractivity contribution < 1.29 is 39.5 Å². The Morgan fingerprint density at radius 3 is 2.21 bits per heavy atom. The highest BCUT2D eigenvalue weighted by molar-refractivity contribution is 5.89. The molecule has 2 rings (SSSR count). The second kappa shape index (κ2) is 9.31. The van der Waals surface area contributed by atoms with Crippen LogP contribution in [-0.4, -0.2) is 45.1 Å². The quantitative estimate of drug-likeness (QED) is 0.322. The van der Waals surface area contributed by atoms with Crippen LogP contribution in [0.5, 0.6) is 23.0 Å². The van der Waals surface area contributed by atoms with Crippen molar-refractivity contribution in [1.82, 2.24) is 0 Å². The third kappa shape index (κ3) is 5.66. The molecule has 28 heavy (non-hydrogen) atoms. The van der Waals surface area contributed by atoms with Crippen LogP contribution in [0.4, 0.5) is 0 Å². The van der Waals surface area contributed by atoms with Gasteiger partial charge in [0.1, 0.15) is 0 Å². The number of phenols is 4. The van der Waals surface area contributed by atoms with Crippen LogP contribution in [-0.2, 0) is 25.5 Å². The highest BCUT2D eigenvalue weighted by Gasteiger charge is 2.24. The van der Waals surface area contributed by atoms with E-state index < -0.39 is 18.0 Å². The largest absolute Gasteiger partial charge is 0.504 e. The number of hydrogen-bond acceptors (Lipinski definition) is 8. The molecule has 0 saturated carbocycles. The molecule has 2 aromatic rings. The molecule has 0 aromatic heterocycles. The molecule has 8 heteroatoms. The summed E-state index contributed by atoms with van der Waals surface area (Å²) in [6.45, 7) is 1.71. The monoisotopic (exact) mass is 388 g/mol. The zero-order valence-corrected chi connectivity index (χ0v) is 15.0. The molecule has 4 N–H and O–H groups in total. The van der Waals surface area contributed by atoms with Crippen LogP contribution in [0, 0.1) is 0 Å². The maximum absolute atomic E-state index is 12.1. The first-order valence-electron chi connectivity index (χ1n) is 8.38. The average molecular weight is 388 g/mol. The summed E-state index contributed by atoms with van der Waals surface area (Å²) < 4.78 is 10.1. The maximum atomic E-state index is 12.1. The van der Waals surface area contributed by atoms with Crippen LogP contribution in [0.1, 0.15) is 18.1 Å². The van der Waals surface area contributed by atoms with Gasteiger partial charge in [0.25, 0.3) is 0 Å². The second-order valence-electron chi connectivity index (χ2n) is 5.79. The van der Waals surface area contributed by atoms with Gasteiger partial charge in [-0.15, -0.1) is 0 Å². The molecule has 0 aliphatic carbocycles. The Labute approximate surface area is 160 Å². The molecule has 148 valence electrons. The number of phenolic OH excluding ortho intramolecular Hbond substituents is 4. The molecule has 2 aromatic carbocycles. The molecule has 8 nitrogen and oxygen atoms in total. The third-order valence-electron chi connectivity index (χ3n) is 3.68. The minimum atomic E-state index is -1.26. The van der Waals surface area contributed by atoms with Gasteiger partial charge in [0.15, 0.2) is 23.0 Å². The van der Waals surface area contributed by atoms with E-state index >= 15 is 0 Å². The lowest BCUT2D eigenvalue weighted by Gasteiger charge is -2.16. The molecular formula is C20H20O8. The Bertz CT molecular complexity index is 888. The number of benzene rings is 2. The minimum Gasteiger partial charge on any atom is -0.504 e. The zero-order valence-electron chi connectivity index (χ0n) is 15.0. The molecule has 0 saturated heterocycles. The summed E-state index contributed by atoms with van der Waals surface area (Å²) in [4.78, 5) is 24.2. The Balaban J connectivity index is 2.11. The number of carbonyl (C=O) groups is 2. The fraction of sp³-hybridized carbons (Fsp3) is 0.200. The van der Waals surface area contributed by atoms with Crippen molar-refractivity contribution in [3.05, 3.63) is 53.6 Å². The van der Waals surface area contributed by atoms with Crippen LogP contribution in [0.25, 0.3) is 6.08 Å². The van der Waals surface area contributed by atoms with Gasteiger partial charge >= 0.3 is 11.9 Å². The van der Waals surface area contributed by atoms with E-state index in [0.717, 1.165) is 6.08 Å². The molecule has 0 heterocycles. The summed E-state index contributed by atoms with van der Waals surface area (Å²) in [5.41, 5.74) is 0.886. The van der Waals surface area contributed by atoms with Crippen molar-refractivity contribution in [2.75, 3.05) is 6.61 Å². The molecular weight excluding hydrogens is 368 g/mol. The van der Waals surface area contributed by atoms with Gasteiger partial charge in [-0.25, -0.2) is 9.59 Å². The van der Waals surface area contributed by atoms with Gasteiger partial charge in [0, 0.05) is 12.5 Å². The van der Waals surface area contributed by atoms with Gasteiger partial charge in [-0.1, -0.05) is 12.1 Å². The van der Waals surface area contributed by atoms with Crippen LogP contribution in [0.15, 0.2) is 42.5 Å². The third-order valence-corrected chi connectivity index (χ3v) is 3.68. The molecule has 0 aliphatic rings. The molecule has 0 spiro atoms. The number of aromatic hydroxyl groups is 4. The van der Waals surface area contributed by atoms with Crippen molar-refractivity contribution in [3.8, 4) is 23.0 Å². The smallest absolute Gasteiger partial charge is 0.347 e. The SMILES string of the molecule is CCOC(=O)[C@H](Cc1ccc(O)c(O)c1)OC(=O)/C=C/c1ccc(O)c(O)c1. The van der Waals surface area contributed by atoms with Gasteiger partial charge in [-0.3, -0.25) is 0 Å². The molecule has 0 radical (unpaired) electrons. The van der Waals surface area contributed by atoms with Crippen molar-refractivity contribution >= 4 is 18.0 Å². The maximum Gasteiger partial charge on any atom is 0.347 e. The van der Waals surface area contributed by atoms with Crippen molar-refractivity contribution in [1.29, 1.82) is 0 Å². The summed E-state index contributed by atoms with van der Waals surface area (Å²) in [6, 6.07) is 7.97. The summed E-state index contributed by atoms with van der Waals surface area (Å²) in [7, 11) is 0. The van der Waals surface area contributed by atoms with E-state index in [4.69, 9.17) is 9.47 Å². The van der Waals surface area contributed by atoms with Crippen LogP contribution >= 0.6 is 0 Å². The van der Waals surface area contributed by atoms with E-state index in [1.165, 1.54) is 42.5 Å². The van der Waals surface area contributed by atoms with Gasteiger partial charge < -0.3 is 29.9 Å². The highest BCUT2D eigenvalue weighted by Crippen LogP contribution is 2.26. The lowest BCUT2D eigenvalue weighted by atomic mass is 10.1. The van der Waals surface area contributed by atoms with Crippen LogP contribution in [0.3, 0.4) is 0 Å². The molecule has 1 atom stereocenters. The van der Waals surface area contributed by atoms with E-state index in [0.29, 0.717) is 11.1 Å². The minimum absolute atomic E-state index is 0.0632. The van der Waals surface area contributed by atoms with Gasteiger partial charge in [-0.05, 0) is 48.4 Å². The fourth-order valence-electron chi connectivity index (χ4n) is 2.31. The summed E-state index contributed by atoms with van der Waals surface area (Å²) >= 11 is 0. The highest BCUT2D eigenvalue weighted by atomic mass is 16.6. The molecule has 0 unspecified atom stereocenters. The number of esters is 2. The summed E-state index contributed by atoms with van der Waals surface area (Å²) in [5.74, 6) is -2.88. The van der Waals surface area contributed by atoms with E-state index in [1.807, 2.05) is 0 Å². The first-order valence-corrected chi connectivity index (χ1v) is 8.38. The number of carbonyl (C=O) groups excluding carboxylic acids is 2. The molecule has 0 fully saturated rings. The predicted octanol–water partition coefficient (Wildman–Crippen LogP) is 2.24. The topological polar surface area (TPSA) is 134 Å². The Morgan fingerprint density at radius 1 is 0.964 bits per heavy atom. The van der Waals surface area contributed by atoms with Crippen molar-refractivity contribution in [2.24, 2.45) is 0 Å². The van der Waals surface area contributed by atoms with Crippen molar-refractivity contribution in [2.45, 2.75) is 19.4 Å². The Morgan fingerprint density at radius 2 is 1.61 bits per heavy atom. The van der Waals surface area contributed by atoms with Crippen molar-refractivity contribution in [3.63, 3.8) is 0 Å². The predicted molar refractivity (Wildman–Crippen MR) is 98.8 cm³/mol. The lowest BCUT2D eigenvalue weighted by Crippen LogP contribution is -2.30. The van der Waals surface area contributed by atoms with E-state index in [1.54, 1.807) is 6.92 Å². The number of ether oxygens (including phenoxy) is 2. The zero-order chi connectivity index (χ0) is 20.7. The first-order chi connectivity index (χ1) is 13.3. The first kappa shape index (κ1) is 20.6. The number of hydrogen-bond donors (Lipinski definition) is 4. The molecule has 0 bridgehead atoms.